The van der Waals surface area contributed by atoms with E-state index in [2.05, 4.69) is 0 Å². The third-order valence-corrected chi connectivity index (χ3v) is 2.90. The Bertz CT molecular complexity index is 241. The van der Waals surface area contributed by atoms with E-state index in [1.807, 2.05) is 0 Å². The molecule has 4 heteroatoms. The largest absolute Gasteiger partial charge is 0.481 e. The number of carbonyl (C=O) groups excluding carboxylic acids is 1. The van der Waals surface area contributed by atoms with E-state index < -0.39 is 11.4 Å². The molecular formula is C9H15NO3. The van der Waals surface area contributed by atoms with Gasteiger partial charge >= 0.3 is 5.97 Å². The van der Waals surface area contributed by atoms with Crippen molar-refractivity contribution in [2.24, 2.45) is 11.3 Å². The van der Waals surface area contributed by atoms with E-state index in [0.29, 0.717) is 13.1 Å². The fourth-order valence-corrected chi connectivity index (χ4v) is 1.37. The van der Waals surface area contributed by atoms with Crippen LogP contribution in [0.25, 0.3) is 0 Å². The number of hydrogen-bond donors (Lipinski definition) is 1. The van der Waals surface area contributed by atoms with Crippen molar-refractivity contribution in [1.82, 2.24) is 4.90 Å². The first kappa shape index (κ1) is 10.0. The van der Waals surface area contributed by atoms with Crippen LogP contribution in [-0.2, 0) is 9.59 Å². The number of aliphatic carboxylic acids is 1. The van der Waals surface area contributed by atoms with Crippen LogP contribution in [0.2, 0.25) is 0 Å². The molecule has 1 aliphatic heterocycles. The molecule has 0 aromatic heterocycles. The van der Waals surface area contributed by atoms with Crippen LogP contribution in [-0.4, -0.2) is 35.0 Å². The molecule has 74 valence electrons. The molecule has 1 rings (SSSR count). The van der Waals surface area contributed by atoms with Gasteiger partial charge in [-0.1, -0.05) is 0 Å². The Morgan fingerprint density at radius 3 is 2.15 bits per heavy atom. The highest BCUT2D eigenvalue weighted by molar-refractivity contribution is 5.77. The summed E-state index contributed by atoms with van der Waals surface area (Å²) in [5.41, 5.74) is -0.716. The summed E-state index contributed by atoms with van der Waals surface area (Å²) in [6.07, 6.45) is 0. The second kappa shape index (κ2) is 3.01. The van der Waals surface area contributed by atoms with Crippen molar-refractivity contribution in [2.45, 2.75) is 20.8 Å². The lowest BCUT2D eigenvalue weighted by atomic mass is 9.74. The van der Waals surface area contributed by atoms with Gasteiger partial charge in [0.25, 0.3) is 0 Å². The zero-order chi connectivity index (χ0) is 10.2. The summed E-state index contributed by atoms with van der Waals surface area (Å²) >= 11 is 0. The molecule has 13 heavy (non-hydrogen) atoms. The molecular weight excluding hydrogens is 170 g/mol. The Morgan fingerprint density at radius 2 is 1.85 bits per heavy atom. The second-order valence-electron chi connectivity index (χ2n) is 4.15. The molecule has 1 fully saturated rings. The third kappa shape index (κ3) is 1.66. The van der Waals surface area contributed by atoms with Crippen molar-refractivity contribution in [1.29, 1.82) is 0 Å². The van der Waals surface area contributed by atoms with Crippen LogP contribution in [0, 0.1) is 11.3 Å². The van der Waals surface area contributed by atoms with Gasteiger partial charge in [-0.05, 0) is 13.8 Å². The van der Waals surface area contributed by atoms with Crippen LogP contribution in [0.3, 0.4) is 0 Å². The maximum Gasteiger partial charge on any atom is 0.309 e. The van der Waals surface area contributed by atoms with Crippen molar-refractivity contribution in [3.8, 4) is 0 Å². The fraction of sp³-hybridized carbons (Fsp3) is 0.778. The summed E-state index contributed by atoms with van der Waals surface area (Å²) in [5, 5.41) is 8.90. The van der Waals surface area contributed by atoms with Crippen LogP contribution in [0.4, 0.5) is 0 Å². The zero-order valence-corrected chi connectivity index (χ0v) is 8.20. The van der Waals surface area contributed by atoms with Gasteiger partial charge in [0, 0.05) is 25.9 Å². The van der Waals surface area contributed by atoms with Crippen molar-refractivity contribution < 1.29 is 14.7 Å². The molecule has 0 saturated carbocycles. The molecule has 0 atom stereocenters. The van der Waals surface area contributed by atoms with Gasteiger partial charge in [0.15, 0.2) is 0 Å². The Hall–Kier alpha value is -1.06. The predicted molar refractivity (Wildman–Crippen MR) is 47.2 cm³/mol. The minimum atomic E-state index is -0.791. The molecule has 1 aliphatic rings. The lowest BCUT2D eigenvalue weighted by Gasteiger charge is -2.45. The molecule has 0 spiro atoms. The summed E-state index contributed by atoms with van der Waals surface area (Å²) in [6, 6.07) is 0. The molecule has 0 unspecified atom stereocenters. The highest BCUT2D eigenvalue weighted by Crippen LogP contribution is 2.34. The van der Waals surface area contributed by atoms with Crippen LogP contribution in [0.15, 0.2) is 0 Å². The van der Waals surface area contributed by atoms with Crippen LogP contribution >= 0.6 is 0 Å². The average Bonchev–Trinajstić information content (AvgIpc) is 1.80. The number of carboxylic acid groups (broad SMARTS) is 1. The highest BCUT2D eigenvalue weighted by atomic mass is 16.4. The number of carbonyl (C=O) groups is 2. The minimum Gasteiger partial charge on any atom is -0.481 e. The van der Waals surface area contributed by atoms with E-state index in [0.717, 1.165) is 0 Å². The van der Waals surface area contributed by atoms with Crippen molar-refractivity contribution in [3.63, 3.8) is 0 Å². The monoisotopic (exact) mass is 185 g/mol. The lowest BCUT2D eigenvalue weighted by molar-refractivity contribution is -0.158. The van der Waals surface area contributed by atoms with Gasteiger partial charge in [-0.3, -0.25) is 9.59 Å². The van der Waals surface area contributed by atoms with Crippen LogP contribution < -0.4 is 0 Å². The lowest BCUT2D eigenvalue weighted by Crippen LogP contribution is -2.56. The number of likely N-dealkylation sites (tertiary alicyclic amines) is 1. The van der Waals surface area contributed by atoms with Gasteiger partial charge in [-0.25, -0.2) is 0 Å². The van der Waals surface area contributed by atoms with E-state index in [4.69, 9.17) is 5.11 Å². The fourth-order valence-electron chi connectivity index (χ4n) is 1.37. The molecule has 4 nitrogen and oxygen atoms in total. The molecule has 0 aliphatic carbocycles. The Kier molecular flexibility index (Phi) is 2.32. The van der Waals surface area contributed by atoms with Gasteiger partial charge in [-0.2, -0.15) is 0 Å². The van der Waals surface area contributed by atoms with Crippen LogP contribution in [0.5, 0.6) is 0 Å². The molecule has 1 amide bonds. The Labute approximate surface area is 77.5 Å². The minimum absolute atomic E-state index is 0.0254. The Morgan fingerprint density at radius 1 is 1.38 bits per heavy atom. The van der Waals surface area contributed by atoms with Gasteiger partial charge in [0.2, 0.25) is 5.91 Å². The summed E-state index contributed by atoms with van der Waals surface area (Å²) in [6.45, 7) is 6.07. The van der Waals surface area contributed by atoms with Gasteiger partial charge < -0.3 is 10.0 Å². The zero-order valence-electron chi connectivity index (χ0n) is 8.20. The first-order valence-electron chi connectivity index (χ1n) is 4.34. The third-order valence-electron chi connectivity index (χ3n) is 2.90. The first-order chi connectivity index (χ1) is 5.85. The molecule has 1 heterocycles. The summed E-state index contributed by atoms with van der Waals surface area (Å²) in [4.78, 5) is 23.3. The maximum absolute atomic E-state index is 10.8. The molecule has 0 aromatic carbocycles. The van der Waals surface area contributed by atoms with Gasteiger partial charge in [0.1, 0.15) is 0 Å². The standard InChI is InChI=1S/C9H15NO3/c1-6(11)10-4-7(5-10)9(2,3)8(12)13/h7H,4-5H2,1-3H3,(H,12,13). The number of amides is 1. The number of nitrogens with zero attached hydrogens (tertiary/aromatic N) is 1. The molecule has 0 radical (unpaired) electrons. The predicted octanol–water partition coefficient (Wildman–Crippen LogP) is 0.575. The second-order valence-corrected chi connectivity index (χ2v) is 4.15. The summed E-state index contributed by atoms with van der Waals surface area (Å²) in [7, 11) is 0. The SMILES string of the molecule is CC(=O)N1CC(C(C)(C)C(=O)O)C1. The number of rotatable bonds is 2. The topological polar surface area (TPSA) is 57.6 Å². The highest BCUT2D eigenvalue weighted by Gasteiger charge is 2.44. The van der Waals surface area contributed by atoms with Gasteiger partial charge in [-0.15, -0.1) is 0 Å². The average molecular weight is 185 g/mol. The van der Waals surface area contributed by atoms with Crippen molar-refractivity contribution in [2.75, 3.05) is 13.1 Å². The normalized spacial score (nSPS) is 18.2. The maximum atomic E-state index is 10.8. The number of hydrogen-bond acceptors (Lipinski definition) is 2. The Balaban J connectivity index is 2.52. The van der Waals surface area contributed by atoms with Crippen LogP contribution in [0.1, 0.15) is 20.8 Å². The molecule has 1 N–H and O–H groups in total. The smallest absolute Gasteiger partial charge is 0.309 e. The quantitative estimate of drug-likeness (QED) is 0.684. The molecule has 0 aromatic rings. The molecule has 0 bridgehead atoms. The van der Waals surface area contributed by atoms with E-state index >= 15 is 0 Å². The molecule has 1 saturated heterocycles. The summed E-state index contributed by atoms with van der Waals surface area (Å²) in [5.74, 6) is -0.674. The van der Waals surface area contributed by atoms with E-state index in [1.54, 1.807) is 18.7 Å². The van der Waals surface area contributed by atoms with E-state index in [9.17, 15) is 9.59 Å². The van der Waals surface area contributed by atoms with Gasteiger partial charge in [0.05, 0.1) is 5.41 Å². The van der Waals surface area contributed by atoms with E-state index in [-0.39, 0.29) is 11.8 Å². The first-order valence-corrected chi connectivity index (χ1v) is 4.34. The van der Waals surface area contributed by atoms with Crippen molar-refractivity contribution in [3.05, 3.63) is 0 Å². The van der Waals surface area contributed by atoms with Crippen molar-refractivity contribution >= 4 is 11.9 Å². The summed E-state index contributed by atoms with van der Waals surface area (Å²) < 4.78 is 0. The number of carboxylic acids is 1. The van der Waals surface area contributed by atoms with E-state index in [1.165, 1.54) is 6.92 Å².